The fourth-order valence-electron chi connectivity index (χ4n) is 4.99. The van der Waals surface area contributed by atoms with Gasteiger partial charge in [-0.25, -0.2) is 0 Å². The standard InChI is InChI=1S/C33H63N3/c1-7-13-19-34(20-14-8-2)28-31-25-32(29-35(21-15-9-3)22-16-10-4)27-33(26-31)30-36(23-17-11-5)24-18-12-6/h25-27H,7-24,28-30H2,1-6H3. The van der Waals surface area contributed by atoms with Crippen LogP contribution in [0.3, 0.4) is 0 Å². The van der Waals surface area contributed by atoms with Gasteiger partial charge >= 0.3 is 0 Å². The van der Waals surface area contributed by atoms with Gasteiger partial charge < -0.3 is 0 Å². The molecular weight excluding hydrogens is 438 g/mol. The van der Waals surface area contributed by atoms with Gasteiger partial charge in [0.05, 0.1) is 0 Å². The zero-order valence-corrected chi connectivity index (χ0v) is 25.4. The Morgan fingerprint density at radius 2 is 0.556 bits per heavy atom. The fraction of sp³-hybridized carbons (Fsp3) is 0.818. The minimum Gasteiger partial charge on any atom is -0.299 e. The summed E-state index contributed by atoms with van der Waals surface area (Å²) >= 11 is 0. The Morgan fingerprint density at radius 3 is 0.722 bits per heavy atom. The van der Waals surface area contributed by atoms with Gasteiger partial charge in [0.15, 0.2) is 0 Å². The highest BCUT2D eigenvalue weighted by atomic mass is 15.1. The molecule has 0 amide bonds. The number of unbranched alkanes of at least 4 members (excludes halogenated alkanes) is 6. The van der Waals surface area contributed by atoms with Crippen LogP contribution in [0.2, 0.25) is 0 Å². The molecule has 210 valence electrons. The van der Waals surface area contributed by atoms with Gasteiger partial charge in [0.25, 0.3) is 0 Å². The SMILES string of the molecule is CCCCN(CCCC)Cc1cc(CN(CCCC)CCCC)cc(CN(CCCC)CCCC)c1. The van der Waals surface area contributed by atoms with Crippen LogP contribution in [0, 0.1) is 0 Å². The molecule has 0 aliphatic heterocycles. The molecule has 0 aromatic heterocycles. The van der Waals surface area contributed by atoms with Gasteiger partial charge in [-0.05, 0) is 94.5 Å². The van der Waals surface area contributed by atoms with Gasteiger partial charge in [-0.15, -0.1) is 0 Å². The van der Waals surface area contributed by atoms with Crippen LogP contribution in [-0.2, 0) is 19.6 Å². The minimum absolute atomic E-state index is 1.11. The van der Waals surface area contributed by atoms with Crippen molar-refractivity contribution < 1.29 is 0 Å². The Hall–Kier alpha value is -0.900. The summed E-state index contributed by atoms with van der Waals surface area (Å²) in [5.74, 6) is 0. The maximum absolute atomic E-state index is 2.72. The average Bonchev–Trinajstić information content (AvgIpc) is 2.88. The molecule has 0 radical (unpaired) electrons. The Balaban J connectivity index is 3.18. The molecule has 3 nitrogen and oxygen atoms in total. The van der Waals surface area contributed by atoms with E-state index in [0.29, 0.717) is 0 Å². The number of hydrogen-bond acceptors (Lipinski definition) is 3. The topological polar surface area (TPSA) is 9.72 Å². The van der Waals surface area contributed by atoms with Crippen molar-refractivity contribution in [1.82, 2.24) is 14.7 Å². The maximum atomic E-state index is 2.72. The summed E-state index contributed by atoms with van der Waals surface area (Å²) in [6, 6.07) is 7.63. The summed E-state index contributed by atoms with van der Waals surface area (Å²) < 4.78 is 0. The molecule has 0 heterocycles. The molecule has 0 aliphatic carbocycles. The first-order valence-electron chi connectivity index (χ1n) is 15.9. The highest BCUT2D eigenvalue weighted by molar-refractivity contribution is 5.30. The van der Waals surface area contributed by atoms with E-state index in [4.69, 9.17) is 0 Å². The number of benzene rings is 1. The van der Waals surface area contributed by atoms with E-state index in [0.717, 1.165) is 19.6 Å². The molecule has 36 heavy (non-hydrogen) atoms. The van der Waals surface area contributed by atoms with Crippen LogP contribution >= 0.6 is 0 Å². The van der Waals surface area contributed by atoms with Crippen LogP contribution in [0.25, 0.3) is 0 Å². The molecule has 3 heteroatoms. The molecule has 0 fully saturated rings. The van der Waals surface area contributed by atoms with E-state index in [1.165, 1.54) is 133 Å². The maximum Gasteiger partial charge on any atom is 0.0233 e. The second kappa shape index (κ2) is 22.1. The van der Waals surface area contributed by atoms with Crippen molar-refractivity contribution in [2.24, 2.45) is 0 Å². The number of hydrogen-bond donors (Lipinski definition) is 0. The van der Waals surface area contributed by atoms with Crippen molar-refractivity contribution in [3.63, 3.8) is 0 Å². The van der Waals surface area contributed by atoms with Gasteiger partial charge in [0, 0.05) is 19.6 Å². The van der Waals surface area contributed by atoms with E-state index < -0.39 is 0 Å². The third-order valence-electron chi connectivity index (χ3n) is 7.30. The van der Waals surface area contributed by atoms with Crippen LogP contribution in [0.4, 0.5) is 0 Å². The monoisotopic (exact) mass is 502 g/mol. The molecular formula is C33H63N3. The molecule has 1 aromatic rings. The van der Waals surface area contributed by atoms with E-state index in [1.54, 1.807) is 0 Å². The summed E-state index contributed by atoms with van der Waals surface area (Å²) in [5, 5.41) is 0. The summed E-state index contributed by atoms with van der Waals surface area (Å²) in [5.41, 5.74) is 4.60. The first-order chi connectivity index (χ1) is 17.6. The Morgan fingerprint density at radius 1 is 0.361 bits per heavy atom. The number of rotatable bonds is 24. The van der Waals surface area contributed by atoms with Crippen LogP contribution in [0.5, 0.6) is 0 Å². The third kappa shape index (κ3) is 15.4. The summed E-state index contributed by atoms with van der Waals surface area (Å²) in [4.78, 5) is 8.15. The van der Waals surface area contributed by atoms with Gasteiger partial charge in [0.1, 0.15) is 0 Å². The van der Waals surface area contributed by atoms with Crippen molar-refractivity contribution in [2.75, 3.05) is 39.3 Å². The van der Waals surface area contributed by atoms with Crippen molar-refractivity contribution in [1.29, 1.82) is 0 Å². The highest BCUT2D eigenvalue weighted by Crippen LogP contribution is 2.19. The molecule has 0 saturated carbocycles. The van der Waals surface area contributed by atoms with Crippen molar-refractivity contribution in [3.05, 3.63) is 34.9 Å². The first-order valence-corrected chi connectivity index (χ1v) is 15.9. The Labute approximate surface area is 227 Å². The molecule has 0 spiro atoms. The lowest BCUT2D eigenvalue weighted by Gasteiger charge is -2.26. The van der Waals surface area contributed by atoms with Crippen LogP contribution in [0.15, 0.2) is 18.2 Å². The van der Waals surface area contributed by atoms with Gasteiger partial charge in [-0.2, -0.15) is 0 Å². The Kier molecular flexibility index (Phi) is 20.4. The number of nitrogens with zero attached hydrogens (tertiary/aromatic N) is 3. The van der Waals surface area contributed by atoms with Crippen molar-refractivity contribution in [2.45, 2.75) is 138 Å². The quantitative estimate of drug-likeness (QED) is 0.140. The molecule has 0 bridgehead atoms. The van der Waals surface area contributed by atoms with Crippen molar-refractivity contribution >= 4 is 0 Å². The second-order valence-corrected chi connectivity index (χ2v) is 11.1. The predicted molar refractivity (Wildman–Crippen MR) is 162 cm³/mol. The molecule has 0 unspecified atom stereocenters. The molecule has 0 saturated heterocycles. The summed E-state index contributed by atoms with van der Waals surface area (Å²) in [7, 11) is 0. The fourth-order valence-corrected chi connectivity index (χ4v) is 4.99. The normalized spacial score (nSPS) is 11.9. The van der Waals surface area contributed by atoms with Crippen molar-refractivity contribution in [3.8, 4) is 0 Å². The van der Waals surface area contributed by atoms with Gasteiger partial charge in [0.2, 0.25) is 0 Å². The average molecular weight is 502 g/mol. The summed E-state index contributed by atoms with van der Waals surface area (Å²) in [6.07, 6.45) is 15.5. The second-order valence-electron chi connectivity index (χ2n) is 11.1. The van der Waals surface area contributed by atoms with Crippen LogP contribution in [-0.4, -0.2) is 54.0 Å². The smallest absolute Gasteiger partial charge is 0.0233 e. The first kappa shape index (κ1) is 33.1. The molecule has 1 rings (SSSR count). The van der Waals surface area contributed by atoms with E-state index in [1.807, 2.05) is 0 Å². The lowest BCUT2D eigenvalue weighted by Crippen LogP contribution is -2.28. The van der Waals surface area contributed by atoms with E-state index in [2.05, 4.69) is 74.4 Å². The summed E-state index contributed by atoms with van der Waals surface area (Å²) in [6.45, 7) is 24.6. The van der Waals surface area contributed by atoms with E-state index >= 15 is 0 Å². The third-order valence-corrected chi connectivity index (χ3v) is 7.30. The zero-order chi connectivity index (χ0) is 26.4. The van der Waals surface area contributed by atoms with Crippen LogP contribution < -0.4 is 0 Å². The Bertz CT molecular complexity index is 507. The molecule has 0 N–H and O–H groups in total. The predicted octanol–water partition coefficient (Wildman–Crippen LogP) is 8.89. The lowest BCUT2D eigenvalue weighted by atomic mass is 10.0. The molecule has 0 aliphatic rings. The largest absolute Gasteiger partial charge is 0.299 e. The van der Waals surface area contributed by atoms with E-state index in [9.17, 15) is 0 Å². The lowest BCUT2D eigenvalue weighted by molar-refractivity contribution is 0.249. The highest BCUT2D eigenvalue weighted by Gasteiger charge is 2.13. The molecule has 0 atom stereocenters. The van der Waals surface area contributed by atoms with E-state index in [-0.39, 0.29) is 0 Å². The van der Waals surface area contributed by atoms with Crippen LogP contribution in [0.1, 0.15) is 135 Å². The minimum atomic E-state index is 1.11. The van der Waals surface area contributed by atoms with Gasteiger partial charge in [-0.1, -0.05) is 98.3 Å². The molecule has 1 aromatic carbocycles. The van der Waals surface area contributed by atoms with Gasteiger partial charge in [-0.3, -0.25) is 14.7 Å². The zero-order valence-electron chi connectivity index (χ0n) is 25.4.